The predicted molar refractivity (Wildman–Crippen MR) is 29.2 cm³/mol. The molecule has 1 aliphatic heterocycles. The molecule has 0 saturated heterocycles. The topological polar surface area (TPSA) is 47.5 Å². The van der Waals surface area contributed by atoms with Gasteiger partial charge < -0.3 is 10.5 Å². The van der Waals surface area contributed by atoms with Crippen molar-refractivity contribution in [2.24, 2.45) is 0 Å². The van der Waals surface area contributed by atoms with Gasteiger partial charge in [0, 0.05) is 12.4 Å². The average molecular weight is 115 g/mol. The van der Waals surface area contributed by atoms with Crippen LogP contribution in [0.1, 0.15) is 0 Å². The van der Waals surface area contributed by atoms with Crippen LogP contribution < -0.4 is 11.0 Å². The Balaban J connectivity index is 2.16. The standard InChI is InChI=1S/C4H9N3O/c8-4-3-7-2-1-5-6-7/h1-2,5-6,8H,3-4H2. The van der Waals surface area contributed by atoms with Crippen molar-refractivity contribution >= 4 is 0 Å². The van der Waals surface area contributed by atoms with Gasteiger partial charge >= 0.3 is 0 Å². The minimum absolute atomic E-state index is 0.166. The number of hydrogen-bond acceptors (Lipinski definition) is 4. The molecule has 0 saturated carbocycles. The first-order chi connectivity index (χ1) is 3.93. The van der Waals surface area contributed by atoms with Gasteiger partial charge in [-0.3, -0.25) is 5.01 Å². The number of hydrogen-bond donors (Lipinski definition) is 3. The van der Waals surface area contributed by atoms with E-state index >= 15 is 0 Å². The molecule has 0 amide bonds. The second kappa shape index (κ2) is 2.54. The van der Waals surface area contributed by atoms with Gasteiger partial charge in [0.05, 0.1) is 13.2 Å². The average Bonchev–Trinajstić information content (AvgIpc) is 2.19. The third-order valence-corrected chi connectivity index (χ3v) is 0.887. The van der Waals surface area contributed by atoms with Crippen LogP contribution in [0.4, 0.5) is 0 Å². The highest BCUT2D eigenvalue weighted by Gasteiger charge is 1.98. The summed E-state index contributed by atoms with van der Waals surface area (Å²) >= 11 is 0. The Morgan fingerprint density at radius 1 is 1.62 bits per heavy atom. The number of rotatable bonds is 2. The molecule has 46 valence electrons. The summed E-state index contributed by atoms with van der Waals surface area (Å²) in [4.78, 5) is 0. The number of hydrazine groups is 2. The second-order valence-corrected chi connectivity index (χ2v) is 1.49. The fourth-order valence-electron chi connectivity index (χ4n) is 0.523. The van der Waals surface area contributed by atoms with Crippen LogP contribution in [0, 0.1) is 0 Å². The van der Waals surface area contributed by atoms with E-state index in [0.29, 0.717) is 6.54 Å². The summed E-state index contributed by atoms with van der Waals surface area (Å²) in [5.74, 6) is 0. The van der Waals surface area contributed by atoms with Crippen molar-refractivity contribution in [1.82, 2.24) is 16.0 Å². The van der Waals surface area contributed by atoms with Crippen LogP contribution in [0.25, 0.3) is 0 Å². The number of nitrogens with zero attached hydrogens (tertiary/aromatic N) is 1. The fraction of sp³-hybridized carbons (Fsp3) is 0.500. The zero-order valence-electron chi connectivity index (χ0n) is 4.46. The summed E-state index contributed by atoms with van der Waals surface area (Å²) in [6, 6.07) is 0. The van der Waals surface area contributed by atoms with Crippen LogP contribution >= 0.6 is 0 Å². The van der Waals surface area contributed by atoms with Gasteiger partial charge in [-0.05, 0) is 0 Å². The first kappa shape index (κ1) is 5.40. The highest BCUT2D eigenvalue weighted by atomic mass is 16.3. The van der Waals surface area contributed by atoms with Crippen molar-refractivity contribution in [1.29, 1.82) is 0 Å². The first-order valence-electron chi connectivity index (χ1n) is 2.49. The van der Waals surface area contributed by atoms with Crippen molar-refractivity contribution in [3.63, 3.8) is 0 Å². The molecule has 1 aliphatic rings. The quantitative estimate of drug-likeness (QED) is 0.422. The highest BCUT2D eigenvalue weighted by molar-refractivity contribution is 4.81. The normalized spacial score (nSPS) is 16.9. The Hall–Kier alpha value is -0.740. The number of aliphatic hydroxyl groups excluding tert-OH is 1. The molecule has 0 spiro atoms. The summed E-state index contributed by atoms with van der Waals surface area (Å²) in [6.07, 6.45) is 3.58. The maximum Gasteiger partial charge on any atom is 0.0622 e. The largest absolute Gasteiger partial charge is 0.394 e. The third-order valence-electron chi connectivity index (χ3n) is 0.887. The van der Waals surface area contributed by atoms with E-state index in [9.17, 15) is 0 Å². The maximum atomic E-state index is 8.38. The molecule has 0 atom stereocenters. The SMILES string of the molecule is OCCN1C=CNN1. The lowest BCUT2D eigenvalue weighted by Gasteiger charge is -2.11. The van der Waals surface area contributed by atoms with Gasteiger partial charge in [0.15, 0.2) is 0 Å². The summed E-state index contributed by atoms with van der Waals surface area (Å²) in [7, 11) is 0. The van der Waals surface area contributed by atoms with E-state index in [4.69, 9.17) is 5.11 Å². The second-order valence-electron chi connectivity index (χ2n) is 1.49. The van der Waals surface area contributed by atoms with Crippen LogP contribution in [-0.2, 0) is 0 Å². The lowest BCUT2D eigenvalue weighted by Crippen LogP contribution is -2.37. The summed E-state index contributed by atoms with van der Waals surface area (Å²) in [5.41, 5.74) is 5.51. The molecule has 1 heterocycles. The Morgan fingerprint density at radius 2 is 2.50 bits per heavy atom. The molecule has 3 N–H and O–H groups in total. The molecule has 0 radical (unpaired) electrons. The minimum Gasteiger partial charge on any atom is -0.394 e. The monoisotopic (exact) mass is 115 g/mol. The molecule has 4 heteroatoms. The van der Waals surface area contributed by atoms with E-state index in [0.717, 1.165) is 0 Å². The third kappa shape index (κ3) is 1.11. The smallest absolute Gasteiger partial charge is 0.0622 e. The van der Waals surface area contributed by atoms with Crippen molar-refractivity contribution in [3.05, 3.63) is 12.4 Å². The van der Waals surface area contributed by atoms with Gasteiger partial charge in [0.2, 0.25) is 0 Å². The number of aliphatic hydroxyl groups is 1. The lowest BCUT2D eigenvalue weighted by atomic mass is 10.7. The van der Waals surface area contributed by atoms with Crippen molar-refractivity contribution < 1.29 is 5.11 Å². The fourth-order valence-corrected chi connectivity index (χ4v) is 0.523. The molecule has 0 aromatic carbocycles. The van der Waals surface area contributed by atoms with E-state index < -0.39 is 0 Å². The van der Waals surface area contributed by atoms with Crippen LogP contribution in [0.5, 0.6) is 0 Å². The molecule has 8 heavy (non-hydrogen) atoms. The Labute approximate surface area is 47.7 Å². The predicted octanol–water partition coefficient (Wildman–Crippen LogP) is -1.23. The minimum atomic E-state index is 0.166. The van der Waals surface area contributed by atoms with Gasteiger partial charge in [0.1, 0.15) is 0 Å². The van der Waals surface area contributed by atoms with Gasteiger partial charge in [-0.15, -0.1) is 5.53 Å². The van der Waals surface area contributed by atoms with E-state index in [1.54, 1.807) is 11.2 Å². The number of nitrogens with one attached hydrogen (secondary N) is 2. The van der Waals surface area contributed by atoms with Gasteiger partial charge in [-0.2, -0.15) is 0 Å². The van der Waals surface area contributed by atoms with Crippen LogP contribution in [0.15, 0.2) is 12.4 Å². The zero-order chi connectivity index (χ0) is 5.82. The molecule has 0 aliphatic carbocycles. The molecule has 4 nitrogen and oxygen atoms in total. The zero-order valence-corrected chi connectivity index (χ0v) is 4.46. The van der Waals surface area contributed by atoms with Crippen molar-refractivity contribution in [2.45, 2.75) is 0 Å². The maximum absolute atomic E-state index is 8.38. The highest BCUT2D eigenvalue weighted by Crippen LogP contribution is 1.84. The summed E-state index contributed by atoms with van der Waals surface area (Å²) in [6.45, 7) is 0.780. The molecule has 0 aromatic rings. The van der Waals surface area contributed by atoms with Crippen LogP contribution in [-0.4, -0.2) is 23.3 Å². The summed E-state index contributed by atoms with van der Waals surface area (Å²) < 4.78 is 0. The first-order valence-corrected chi connectivity index (χ1v) is 2.49. The van der Waals surface area contributed by atoms with Crippen LogP contribution in [0.2, 0.25) is 0 Å². The number of β-amino-alcohol motifs (C(OH)–C–C–N with tert-alkyl or cyclic N) is 1. The molecule has 1 rings (SSSR count). The van der Waals surface area contributed by atoms with Gasteiger partial charge in [0.25, 0.3) is 0 Å². The Bertz CT molecular complexity index is 93.3. The van der Waals surface area contributed by atoms with Crippen molar-refractivity contribution in [2.75, 3.05) is 13.2 Å². The molecular weight excluding hydrogens is 106 g/mol. The van der Waals surface area contributed by atoms with Gasteiger partial charge in [-0.1, -0.05) is 0 Å². The Kier molecular flexibility index (Phi) is 1.71. The van der Waals surface area contributed by atoms with E-state index in [2.05, 4.69) is 11.0 Å². The van der Waals surface area contributed by atoms with E-state index in [1.165, 1.54) is 0 Å². The Morgan fingerprint density at radius 3 is 3.00 bits per heavy atom. The molecular formula is C4H9N3O. The van der Waals surface area contributed by atoms with Crippen molar-refractivity contribution in [3.8, 4) is 0 Å². The van der Waals surface area contributed by atoms with E-state index in [-0.39, 0.29) is 6.61 Å². The van der Waals surface area contributed by atoms with Gasteiger partial charge in [-0.25, -0.2) is 0 Å². The molecule has 0 aromatic heterocycles. The van der Waals surface area contributed by atoms with E-state index in [1.807, 2.05) is 6.20 Å². The molecule has 0 unspecified atom stereocenters. The summed E-state index contributed by atoms with van der Waals surface area (Å²) in [5, 5.41) is 10.1. The lowest BCUT2D eigenvalue weighted by molar-refractivity contribution is 0.196. The molecule has 0 fully saturated rings. The molecule has 0 bridgehead atoms. The van der Waals surface area contributed by atoms with Crippen LogP contribution in [0.3, 0.4) is 0 Å².